The molecule has 28 heavy (non-hydrogen) atoms. The molecule has 0 aliphatic carbocycles. The maximum absolute atomic E-state index is 11.3. The van der Waals surface area contributed by atoms with Gasteiger partial charge in [-0.15, -0.1) is 0 Å². The van der Waals surface area contributed by atoms with Crippen molar-refractivity contribution < 1.29 is 19.5 Å². The minimum Gasteiger partial charge on any atom is -0.381 e. The number of nitrogens with zero attached hydrogens (tertiary/aromatic N) is 1. The van der Waals surface area contributed by atoms with Crippen LogP contribution in [0.25, 0.3) is 0 Å². The van der Waals surface area contributed by atoms with Crippen molar-refractivity contribution in [1.29, 1.82) is 0 Å². The average Bonchev–Trinajstić information content (AvgIpc) is 3.28. The number of ether oxygens (including phenoxy) is 2. The number of carbonyl (C=O) groups is 1. The molecule has 0 unspecified atom stereocenters. The van der Waals surface area contributed by atoms with E-state index >= 15 is 0 Å². The van der Waals surface area contributed by atoms with Gasteiger partial charge in [0.2, 0.25) is 5.91 Å². The Bertz CT molecular complexity index is 435. The summed E-state index contributed by atoms with van der Waals surface area (Å²) in [6.45, 7) is 4.04. The topological polar surface area (TPSA) is 59.0 Å². The van der Waals surface area contributed by atoms with Crippen LogP contribution in [0.2, 0.25) is 0 Å². The molecule has 2 bridgehead atoms. The zero-order valence-electron chi connectivity index (χ0n) is 17.9. The SMILES string of the molecule is CCCCCCOCC[C@H]1[C@@H](CCSCCCCC(=O)N(C)O)[C@H]2CC[C@@H]1O2. The summed E-state index contributed by atoms with van der Waals surface area (Å²) >= 11 is 1.99. The highest BCUT2D eigenvalue weighted by molar-refractivity contribution is 7.99. The maximum Gasteiger partial charge on any atom is 0.245 e. The largest absolute Gasteiger partial charge is 0.381 e. The van der Waals surface area contributed by atoms with Gasteiger partial charge >= 0.3 is 0 Å². The summed E-state index contributed by atoms with van der Waals surface area (Å²) in [7, 11) is 1.39. The molecule has 2 aliphatic rings. The predicted octanol–water partition coefficient (Wildman–Crippen LogP) is 4.91. The fourth-order valence-corrected chi connectivity index (χ4v) is 5.64. The van der Waals surface area contributed by atoms with Crippen molar-refractivity contribution in [2.24, 2.45) is 11.8 Å². The highest BCUT2D eigenvalue weighted by Crippen LogP contribution is 2.46. The summed E-state index contributed by atoms with van der Waals surface area (Å²) in [6.07, 6.45) is 13.2. The van der Waals surface area contributed by atoms with Crippen molar-refractivity contribution in [3.8, 4) is 0 Å². The molecule has 2 heterocycles. The molecule has 164 valence electrons. The maximum atomic E-state index is 11.3. The van der Waals surface area contributed by atoms with Crippen LogP contribution in [-0.2, 0) is 14.3 Å². The molecule has 0 aromatic carbocycles. The molecule has 0 saturated carbocycles. The first-order valence-electron chi connectivity index (χ1n) is 11.4. The van der Waals surface area contributed by atoms with E-state index in [1.807, 2.05) is 11.8 Å². The van der Waals surface area contributed by atoms with Gasteiger partial charge in [0, 0.05) is 26.7 Å². The van der Waals surface area contributed by atoms with Gasteiger partial charge in [-0.2, -0.15) is 11.8 Å². The molecule has 6 heteroatoms. The average molecular weight is 416 g/mol. The summed E-state index contributed by atoms with van der Waals surface area (Å²) in [5.41, 5.74) is 0. The molecular weight excluding hydrogens is 374 g/mol. The van der Waals surface area contributed by atoms with Crippen LogP contribution >= 0.6 is 11.8 Å². The predicted molar refractivity (Wildman–Crippen MR) is 115 cm³/mol. The summed E-state index contributed by atoms with van der Waals surface area (Å²) in [5, 5.41) is 9.73. The molecular formula is C22H41NO4S. The van der Waals surface area contributed by atoms with Gasteiger partial charge in [-0.25, -0.2) is 5.06 Å². The molecule has 0 radical (unpaired) electrons. The molecule has 5 nitrogen and oxygen atoms in total. The summed E-state index contributed by atoms with van der Waals surface area (Å²) in [4.78, 5) is 11.3. The Morgan fingerprint density at radius 1 is 1.04 bits per heavy atom. The molecule has 0 aromatic heterocycles. The van der Waals surface area contributed by atoms with Gasteiger partial charge in [-0.1, -0.05) is 26.2 Å². The normalized spacial score (nSPS) is 26.1. The molecule has 0 spiro atoms. The van der Waals surface area contributed by atoms with Crippen molar-refractivity contribution in [2.45, 2.75) is 89.8 Å². The summed E-state index contributed by atoms with van der Waals surface area (Å²) in [5.74, 6) is 3.47. The number of hydroxylamine groups is 2. The van der Waals surface area contributed by atoms with Crippen LogP contribution in [0.5, 0.6) is 0 Å². The fraction of sp³-hybridized carbons (Fsp3) is 0.955. The van der Waals surface area contributed by atoms with Gasteiger partial charge in [-0.3, -0.25) is 10.0 Å². The van der Waals surface area contributed by atoms with Gasteiger partial charge in [0.25, 0.3) is 0 Å². The quantitative estimate of drug-likeness (QED) is 0.220. The van der Waals surface area contributed by atoms with Crippen molar-refractivity contribution in [2.75, 3.05) is 31.8 Å². The first kappa shape index (κ1) is 24.0. The first-order chi connectivity index (χ1) is 13.6. The third-order valence-corrected chi connectivity index (χ3v) is 7.32. The van der Waals surface area contributed by atoms with Crippen molar-refractivity contribution >= 4 is 17.7 Å². The number of amides is 1. The fourth-order valence-electron chi connectivity index (χ4n) is 4.59. The summed E-state index contributed by atoms with van der Waals surface area (Å²) in [6, 6.07) is 0. The zero-order valence-corrected chi connectivity index (χ0v) is 18.8. The molecule has 1 N–H and O–H groups in total. The third kappa shape index (κ3) is 8.21. The van der Waals surface area contributed by atoms with Crippen LogP contribution in [0.1, 0.15) is 77.6 Å². The third-order valence-electron chi connectivity index (χ3n) is 6.21. The number of unbranched alkanes of at least 4 members (excludes halogenated alkanes) is 4. The van der Waals surface area contributed by atoms with E-state index in [1.165, 1.54) is 57.7 Å². The number of carbonyl (C=O) groups excluding carboxylic acids is 1. The van der Waals surface area contributed by atoms with Crippen LogP contribution in [0.4, 0.5) is 0 Å². The van der Waals surface area contributed by atoms with Crippen molar-refractivity contribution in [3.63, 3.8) is 0 Å². The van der Waals surface area contributed by atoms with Gasteiger partial charge < -0.3 is 9.47 Å². The Kier molecular flexibility index (Phi) is 11.8. The number of hydrogen-bond acceptors (Lipinski definition) is 5. The monoisotopic (exact) mass is 415 g/mol. The number of hydrogen-bond donors (Lipinski definition) is 1. The lowest BCUT2D eigenvalue weighted by molar-refractivity contribution is -0.159. The second-order valence-corrected chi connectivity index (χ2v) is 9.58. The lowest BCUT2D eigenvalue weighted by atomic mass is 9.76. The van der Waals surface area contributed by atoms with Crippen LogP contribution in [0.15, 0.2) is 0 Å². The van der Waals surface area contributed by atoms with Gasteiger partial charge in [-0.05, 0) is 68.3 Å². The first-order valence-corrected chi connectivity index (χ1v) is 12.5. The molecule has 2 fully saturated rings. The standard InChI is InChI=1S/C22H41NO4S/c1-3-4-5-7-14-26-15-12-18-19(21-11-10-20(18)27-21)13-17-28-16-8-6-9-22(24)23(2)25/h18-21,25H,3-17H2,1-2H3/t18-,19+,20-,21+/m0/s1. The Balaban J connectivity index is 1.54. The van der Waals surface area contributed by atoms with Crippen molar-refractivity contribution in [1.82, 2.24) is 5.06 Å². The van der Waals surface area contributed by atoms with Crippen LogP contribution in [0.3, 0.4) is 0 Å². The van der Waals surface area contributed by atoms with E-state index in [1.54, 1.807) is 0 Å². The van der Waals surface area contributed by atoms with Gasteiger partial charge in [0.1, 0.15) is 0 Å². The number of thioether (sulfide) groups is 1. The zero-order chi connectivity index (χ0) is 20.2. The second kappa shape index (κ2) is 13.8. The van der Waals surface area contributed by atoms with Crippen LogP contribution in [-0.4, -0.2) is 60.2 Å². The van der Waals surface area contributed by atoms with E-state index in [2.05, 4.69) is 6.92 Å². The highest BCUT2D eigenvalue weighted by Gasteiger charge is 2.47. The minimum atomic E-state index is -0.195. The van der Waals surface area contributed by atoms with Crippen molar-refractivity contribution in [3.05, 3.63) is 0 Å². The summed E-state index contributed by atoms with van der Waals surface area (Å²) < 4.78 is 12.1. The van der Waals surface area contributed by atoms with Crippen LogP contribution in [0, 0.1) is 11.8 Å². The number of fused-ring (bicyclic) bond motifs is 2. The lowest BCUT2D eigenvalue weighted by Crippen LogP contribution is -2.28. The Labute approximate surface area is 175 Å². The lowest BCUT2D eigenvalue weighted by Gasteiger charge is -2.28. The van der Waals surface area contributed by atoms with E-state index in [-0.39, 0.29) is 5.91 Å². The van der Waals surface area contributed by atoms with E-state index in [0.717, 1.165) is 38.2 Å². The minimum absolute atomic E-state index is 0.195. The van der Waals surface area contributed by atoms with Gasteiger partial charge in [0.05, 0.1) is 12.2 Å². The molecule has 2 rings (SSSR count). The van der Waals surface area contributed by atoms with Gasteiger partial charge in [0.15, 0.2) is 0 Å². The smallest absolute Gasteiger partial charge is 0.245 e. The second-order valence-electron chi connectivity index (χ2n) is 8.36. The van der Waals surface area contributed by atoms with E-state index in [4.69, 9.17) is 14.7 Å². The van der Waals surface area contributed by atoms with E-state index in [0.29, 0.717) is 35.5 Å². The number of rotatable bonds is 16. The van der Waals surface area contributed by atoms with Crippen LogP contribution < -0.4 is 0 Å². The Hall–Kier alpha value is -0.300. The molecule has 2 saturated heterocycles. The van der Waals surface area contributed by atoms with E-state index < -0.39 is 0 Å². The molecule has 0 aromatic rings. The molecule has 1 amide bonds. The Morgan fingerprint density at radius 2 is 1.79 bits per heavy atom. The highest BCUT2D eigenvalue weighted by atomic mass is 32.2. The van der Waals surface area contributed by atoms with E-state index in [9.17, 15) is 4.79 Å². The Morgan fingerprint density at radius 3 is 2.50 bits per heavy atom. The molecule has 4 atom stereocenters. The molecule has 2 aliphatic heterocycles.